The van der Waals surface area contributed by atoms with Crippen LogP contribution in [-0.2, 0) is 0 Å². The molecule has 0 aromatic rings. The lowest BCUT2D eigenvalue weighted by Gasteiger charge is -2.45. The topological polar surface area (TPSA) is 0 Å². The van der Waals surface area contributed by atoms with Gasteiger partial charge in [0, 0.05) is 0 Å². The predicted octanol–water partition coefficient (Wildman–Crippen LogP) is 10.8. The number of hydrogen-bond acceptors (Lipinski definition) is 0. The van der Waals surface area contributed by atoms with Crippen LogP contribution in [0.5, 0.6) is 0 Å². The zero-order valence-corrected chi connectivity index (χ0v) is 22.0. The molecule has 0 aliphatic carbocycles. The summed E-state index contributed by atoms with van der Waals surface area (Å²) in [4.78, 5) is 0. The molecule has 1 atom stereocenters. The third-order valence-corrected chi connectivity index (χ3v) is 7.01. The van der Waals surface area contributed by atoms with Crippen molar-refractivity contribution < 1.29 is 92.2 Å². The van der Waals surface area contributed by atoms with Crippen LogP contribution >= 0.6 is 22.6 Å². The molecule has 0 saturated carbocycles. The van der Waals surface area contributed by atoms with Crippen LogP contribution in [-0.4, -0.2) is 59.5 Å². The molecule has 0 rings (SSSR count). The Kier molecular flexibility index (Phi) is 11.2. The van der Waals surface area contributed by atoms with E-state index in [1.165, 1.54) is 0 Å². The number of hydrogen-bond donors (Lipinski definition) is 0. The molecule has 0 aliphatic rings. The molecule has 0 nitrogen and oxygen atoms in total. The molecule has 41 heavy (non-hydrogen) atoms. The highest BCUT2D eigenvalue weighted by Gasteiger charge is 2.98. The van der Waals surface area contributed by atoms with E-state index in [4.69, 9.17) is 0 Å². The molecule has 0 radical (unpaired) electrons. The Balaban J connectivity index is 6.96. The van der Waals surface area contributed by atoms with Crippen molar-refractivity contribution in [3.8, 4) is 0 Å². The van der Waals surface area contributed by atoms with E-state index in [1.54, 1.807) is 6.92 Å². The highest BCUT2D eigenvalue weighted by molar-refractivity contribution is 14.1. The fraction of sp³-hybridized carbons (Fsp3) is 0.895. The van der Waals surface area contributed by atoms with Crippen LogP contribution in [0.3, 0.4) is 0 Å². The first-order valence-corrected chi connectivity index (χ1v) is 11.5. The van der Waals surface area contributed by atoms with E-state index in [1.807, 2.05) is 0 Å². The monoisotopic (exact) mass is 770 g/mol. The molecule has 0 heterocycles. The summed E-state index contributed by atoms with van der Waals surface area (Å²) >= 11 is 0.797. The maximum atomic E-state index is 14.3. The van der Waals surface area contributed by atoms with Crippen LogP contribution in [0, 0.1) is 5.92 Å². The van der Waals surface area contributed by atoms with E-state index >= 15 is 0 Å². The second-order valence-corrected chi connectivity index (χ2v) is 9.77. The summed E-state index contributed by atoms with van der Waals surface area (Å²) in [5.74, 6) is -80.0. The molecular formula is C19H16F21I. The quantitative estimate of drug-likeness (QED) is 0.0938. The lowest BCUT2D eigenvalue weighted by Crippen LogP contribution is -2.77. The van der Waals surface area contributed by atoms with Crippen molar-refractivity contribution in [2.45, 2.75) is 99.0 Å². The Morgan fingerprint density at radius 2 is 0.805 bits per heavy atom. The average Bonchev–Trinajstić information content (AvgIpc) is 2.79. The molecule has 0 aromatic carbocycles. The Hall–Kier alpha value is -1.00. The van der Waals surface area contributed by atoms with Gasteiger partial charge in [0.05, 0.1) is 5.92 Å². The number of unbranched alkanes of at least 4 members (excludes halogenated alkanes) is 3. The highest BCUT2D eigenvalue weighted by atomic mass is 127. The van der Waals surface area contributed by atoms with E-state index in [0.717, 1.165) is 22.6 Å². The van der Waals surface area contributed by atoms with Crippen LogP contribution in [0.15, 0.2) is 9.66 Å². The van der Waals surface area contributed by atoms with Gasteiger partial charge in [-0.25, -0.2) is 0 Å². The minimum atomic E-state index is -9.16. The van der Waals surface area contributed by atoms with Gasteiger partial charge < -0.3 is 0 Å². The van der Waals surface area contributed by atoms with Gasteiger partial charge in [0.2, 0.25) is 0 Å². The van der Waals surface area contributed by atoms with Gasteiger partial charge in [-0.1, -0.05) is 32.8 Å². The third kappa shape index (κ3) is 5.79. The van der Waals surface area contributed by atoms with Gasteiger partial charge in [-0.2, -0.15) is 92.2 Å². The lowest BCUT2D eigenvalue weighted by molar-refractivity contribution is -0.474. The number of rotatable bonds is 14. The van der Waals surface area contributed by atoms with Crippen molar-refractivity contribution >= 4 is 22.6 Å². The van der Waals surface area contributed by atoms with E-state index in [2.05, 4.69) is 0 Å². The fourth-order valence-corrected chi connectivity index (χ4v) is 3.53. The summed E-state index contributed by atoms with van der Waals surface area (Å²) in [6.45, 7) is 1.56. The zero-order chi connectivity index (χ0) is 33.7. The Morgan fingerprint density at radius 1 is 0.512 bits per heavy atom. The molecule has 1 unspecified atom stereocenters. The van der Waals surface area contributed by atoms with E-state index in [9.17, 15) is 92.2 Å². The maximum absolute atomic E-state index is 14.3. The highest BCUT2D eigenvalue weighted by Crippen LogP contribution is 2.66. The van der Waals surface area contributed by atoms with Gasteiger partial charge >= 0.3 is 59.5 Å². The summed E-state index contributed by atoms with van der Waals surface area (Å²) in [7, 11) is 0. The second kappa shape index (κ2) is 11.5. The van der Waals surface area contributed by atoms with Crippen molar-refractivity contribution in [3.63, 3.8) is 0 Å². The number of halogens is 22. The first-order chi connectivity index (χ1) is 17.6. The molecule has 0 saturated heterocycles. The van der Waals surface area contributed by atoms with E-state index < -0.39 is 69.0 Å². The molecule has 0 spiro atoms. The van der Waals surface area contributed by atoms with Crippen LogP contribution in [0.2, 0.25) is 0 Å². The molecule has 0 N–H and O–H groups in total. The molecule has 0 bridgehead atoms. The van der Waals surface area contributed by atoms with E-state index in [0.29, 0.717) is 18.9 Å². The largest absolute Gasteiger partial charge is 0.460 e. The summed E-state index contributed by atoms with van der Waals surface area (Å²) in [6.07, 6.45) is -6.47. The average molecular weight is 770 g/mol. The molecule has 0 aromatic heterocycles. The van der Waals surface area contributed by atoms with E-state index in [-0.39, 0.29) is 19.8 Å². The summed E-state index contributed by atoms with van der Waals surface area (Å²) < 4.78 is 282. The molecular weight excluding hydrogens is 754 g/mol. The van der Waals surface area contributed by atoms with Gasteiger partial charge in [0.15, 0.2) is 0 Å². The SMILES string of the molecule is CCCCC/C=C(\I)C(C)C(F)(F)C(F)(F)C(F)(F)C(F)(F)C(F)(F)C(F)(F)C(F)(F)C(F)(F)C(F)(F)C(F)(F)F. The third-order valence-electron chi connectivity index (χ3n) is 5.64. The predicted molar refractivity (Wildman–Crippen MR) is 106 cm³/mol. The number of alkyl halides is 21. The minimum absolute atomic E-state index is 0.0686. The summed E-state index contributed by atoms with van der Waals surface area (Å²) in [6, 6.07) is 0. The van der Waals surface area contributed by atoms with Crippen LogP contribution in [0.25, 0.3) is 0 Å². The van der Waals surface area contributed by atoms with Crippen LogP contribution in [0.1, 0.15) is 39.5 Å². The first-order valence-electron chi connectivity index (χ1n) is 10.5. The van der Waals surface area contributed by atoms with Crippen LogP contribution in [0.4, 0.5) is 92.2 Å². The van der Waals surface area contributed by atoms with Gasteiger partial charge in [0.1, 0.15) is 0 Å². The van der Waals surface area contributed by atoms with Crippen molar-refractivity contribution in [1.82, 2.24) is 0 Å². The van der Waals surface area contributed by atoms with Gasteiger partial charge in [-0.05, 0) is 39.0 Å². The Morgan fingerprint density at radius 3 is 1.10 bits per heavy atom. The van der Waals surface area contributed by atoms with Crippen LogP contribution < -0.4 is 0 Å². The maximum Gasteiger partial charge on any atom is 0.460 e. The Bertz CT molecular complexity index is 930. The van der Waals surface area contributed by atoms with Gasteiger partial charge in [-0.15, -0.1) is 0 Å². The van der Waals surface area contributed by atoms with Crippen molar-refractivity contribution in [3.05, 3.63) is 9.66 Å². The molecule has 0 fully saturated rings. The standard InChI is InChI=1S/C19H16F21I/c1-3-4-5-6-7-9(41)8(2)10(20,21)11(22,23)12(24,25)13(26,27)14(28,29)15(30,31)16(32,33)17(34,35)18(36,37)19(38,39)40/h7-8H,3-6H2,1-2H3/b9-7-. The van der Waals surface area contributed by atoms with Crippen molar-refractivity contribution in [1.29, 1.82) is 0 Å². The minimum Gasteiger partial charge on any atom is -0.199 e. The second-order valence-electron chi connectivity index (χ2n) is 8.52. The van der Waals surface area contributed by atoms with Crippen molar-refractivity contribution in [2.75, 3.05) is 0 Å². The molecule has 246 valence electrons. The molecule has 22 heteroatoms. The fourth-order valence-electron chi connectivity index (χ4n) is 2.83. The molecule has 0 amide bonds. The normalized spacial score (nSPS) is 17.2. The smallest absolute Gasteiger partial charge is 0.199 e. The first kappa shape index (κ1) is 40.0. The zero-order valence-electron chi connectivity index (χ0n) is 19.8. The van der Waals surface area contributed by atoms with Gasteiger partial charge in [-0.3, -0.25) is 0 Å². The lowest BCUT2D eigenvalue weighted by atomic mass is 9.84. The summed E-state index contributed by atoms with van der Waals surface area (Å²) in [5, 5.41) is 0. The molecule has 0 aliphatic heterocycles. The van der Waals surface area contributed by atoms with Gasteiger partial charge in [0.25, 0.3) is 0 Å². The summed E-state index contributed by atoms with van der Waals surface area (Å²) in [5.41, 5.74) is 0. The number of allylic oxidation sites excluding steroid dienone is 2. The van der Waals surface area contributed by atoms with Crippen molar-refractivity contribution in [2.24, 2.45) is 5.92 Å². The Labute approximate surface area is 229 Å².